The molecule has 0 aliphatic heterocycles. The molecule has 0 atom stereocenters. The van der Waals surface area contributed by atoms with Gasteiger partial charge in [0.1, 0.15) is 5.75 Å². The summed E-state index contributed by atoms with van der Waals surface area (Å²) < 4.78 is 5.19. The van der Waals surface area contributed by atoms with Crippen LogP contribution in [0.25, 0.3) is 0 Å². The quantitative estimate of drug-likeness (QED) is 0.768. The van der Waals surface area contributed by atoms with Gasteiger partial charge in [-0.3, -0.25) is 0 Å². The van der Waals surface area contributed by atoms with Gasteiger partial charge in [-0.1, -0.05) is 24.3 Å². The van der Waals surface area contributed by atoms with Crippen molar-refractivity contribution in [2.75, 3.05) is 13.7 Å². The summed E-state index contributed by atoms with van der Waals surface area (Å²) in [6.45, 7) is 1.58. The number of aromatic carboxylic acids is 1. The van der Waals surface area contributed by atoms with Crippen LogP contribution in [-0.4, -0.2) is 24.7 Å². The SMILES string of the molecule is COc1cccc(CCNCc2ccc(C(=O)O)cc2)c1. The number of carboxylic acid groups (broad SMARTS) is 1. The zero-order valence-corrected chi connectivity index (χ0v) is 12.0. The van der Waals surface area contributed by atoms with Crippen LogP contribution in [0.1, 0.15) is 21.5 Å². The van der Waals surface area contributed by atoms with E-state index in [-0.39, 0.29) is 0 Å². The first-order chi connectivity index (χ1) is 10.2. The highest BCUT2D eigenvalue weighted by molar-refractivity contribution is 5.87. The van der Waals surface area contributed by atoms with E-state index in [1.54, 1.807) is 19.2 Å². The second-order valence-electron chi connectivity index (χ2n) is 4.78. The molecule has 2 N–H and O–H groups in total. The average molecular weight is 285 g/mol. The van der Waals surface area contributed by atoms with Gasteiger partial charge >= 0.3 is 5.97 Å². The fourth-order valence-corrected chi connectivity index (χ4v) is 2.06. The predicted octanol–water partition coefficient (Wildman–Crippen LogP) is 2.73. The molecule has 2 aromatic rings. The van der Waals surface area contributed by atoms with Crippen LogP contribution in [-0.2, 0) is 13.0 Å². The van der Waals surface area contributed by atoms with E-state index in [1.807, 2.05) is 30.3 Å². The molecule has 21 heavy (non-hydrogen) atoms. The summed E-state index contributed by atoms with van der Waals surface area (Å²) >= 11 is 0. The average Bonchev–Trinajstić information content (AvgIpc) is 2.52. The van der Waals surface area contributed by atoms with Crippen LogP contribution in [0.15, 0.2) is 48.5 Å². The van der Waals surface area contributed by atoms with Crippen LogP contribution in [0.3, 0.4) is 0 Å². The molecule has 2 aromatic carbocycles. The summed E-state index contributed by atoms with van der Waals surface area (Å²) in [5, 5.41) is 12.2. The number of carboxylic acids is 1. The van der Waals surface area contributed by atoms with E-state index in [4.69, 9.17) is 9.84 Å². The van der Waals surface area contributed by atoms with Gasteiger partial charge in [0, 0.05) is 6.54 Å². The third kappa shape index (κ3) is 4.61. The van der Waals surface area contributed by atoms with E-state index in [1.165, 1.54) is 5.56 Å². The number of rotatable bonds is 7. The minimum Gasteiger partial charge on any atom is -0.497 e. The van der Waals surface area contributed by atoms with Crippen molar-refractivity contribution in [1.29, 1.82) is 0 Å². The molecule has 4 nitrogen and oxygen atoms in total. The van der Waals surface area contributed by atoms with Gasteiger partial charge in [-0.15, -0.1) is 0 Å². The fraction of sp³-hybridized carbons (Fsp3) is 0.235. The Kier molecular flexibility index (Phi) is 5.35. The largest absolute Gasteiger partial charge is 0.497 e. The van der Waals surface area contributed by atoms with Crippen LogP contribution in [0, 0.1) is 0 Å². The molecular formula is C17H19NO3. The van der Waals surface area contributed by atoms with Crippen LogP contribution in [0.5, 0.6) is 5.75 Å². The Labute approximate surface area is 124 Å². The number of carbonyl (C=O) groups is 1. The van der Waals surface area contributed by atoms with Gasteiger partial charge in [0.15, 0.2) is 0 Å². The van der Waals surface area contributed by atoms with Crippen molar-refractivity contribution in [3.63, 3.8) is 0 Å². The summed E-state index contributed by atoms with van der Waals surface area (Å²) in [6, 6.07) is 14.9. The summed E-state index contributed by atoms with van der Waals surface area (Å²) in [6.07, 6.45) is 0.921. The zero-order valence-electron chi connectivity index (χ0n) is 12.0. The molecule has 0 aromatic heterocycles. The van der Waals surface area contributed by atoms with Crippen molar-refractivity contribution in [1.82, 2.24) is 5.32 Å². The second-order valence-corrected chi connectivity index (χ2v) is 4.78. The minimum absolute atomic E-state index is 0.315. The Morgan fingerprint density at radius 3 is 2.57 bits per heavy atom. The summed E-state index contributed by atoms with van der Waals surface area (Å²) in [5.74, 6) is -0.0238. The van der Waals surface area contributed by atoms with E-state index in [2.05, 4.69) is 11.4 Å². The lowest BCUT2D eigenvalue weighted by Crippen LogP contribution is -2.16. The van der Waals surface area contributed by atoms with E-state index in [0.717, 1.165) is 30.8 Å². The molecule has 0 spiro atoms. The number of nitrogens with one attached hydrogen (secondary N) is 1. The van der Waals surface area contributed by atoms with Crippen LogP contribution < -0.4 is 10.1 Å². The Bertz CT molecular complexity index is 593. The van der Waals surface area contributed by atoms with E-state index < -0.39 is 5.97 Å². The molecule has 0 saturated heterocycles. The topological polar surface area (TPSA) is 58.6 Å². The van der Waals surface area contributed by atoms with Gasteiger partial charge in [-0.05, 0) is 48.4 Å². The molecule has 0 radical (unpaired) electrons. The molecule has 0 bridgehead atoms. The molecule has 0 aliphatic rings. The van der Waals surface area contributed by atoms with Crippen LogP contribution in [0.4, 0.5) is 0 Å². The third-order valence-electron chi connectivity index (χ3n) is 3.25. The molecule has 0 saturated carbocycles. The molecule has 0 fully saturated rings. The first kappa shape index (κ1) is 15.1. The number of hydrogen-bond donors (Lipinski definition) is 2. The van der Waals surface area contributed by atoms with Crippen molar-refractivity contribution < 1.29 is 14.6 Å². The van der Waals surface area contributed by atoms with Crippen molar-refractivity contribution in [2.45, 2.75) is 13.0 Å². The van der Waals surface area contributed by atoms with Gasteiger partial charge in [0.05, 0.1) is 12.7 Å². The van der Waals surface area contributed by atoms with Gasteiger partial charge in [0.25, 0.3) is 0 Å². The maximum Gasteiger partial charge on any atom is 0.335 e. The fourth-order valence-electron chi connectivity index (χ4n) is 2.06. The molecule has 4 heteroatoms. The van der Waals surface area contributed by atoms with Gasteiger partial charge in [0.2, 0.25) is 0 Å². The predicted molar refractivity (Wildman–Crippen MR) is 81.8 cm³/mol. The van der Waals surface area contributed by atoms with E-state index in [0.29, 0.717) is 5.56 Å². The van der Waals surface area contributed by atoms with Crippen molar-refractivity contribution in [3.8, 4) is 5.75 Å². The van der Waals surface area contributed by atoms with Crippen molar-refractivity contribution >= 4 is 5.97 Å². The smallest absolute Gasteiger partial charge is 0.335 e. The third-order valence-corrected chi connectivity index (χ3v) is 3.25. The maximum atomic E-state index is 10.8. The number of hydrogen-bond acceptors (Lipinski definition) is 3. The molecule has 110 valence electrons. The Balaban J connectivity index is 1.77. The number of ether oxygens (including phenoxy) is 1. The normalized spacial score (nSPS) is 10.3. The lowest BCUT2D eigenvalue weighted by atomic mass is 10.1. The van der Waals surface area contributed by atoms with Crippen LogP contribution in [0.2, 0.25) is 0 Å². The maximum absolute atomic E-state index is 10.8. The van der Waals surface area contributed by atoms with E-state index in [9.17, 15) is 4.79 Å². The second kappa shape index (κ2) is 7.45. The minimum atomic E-state index is -0.896. The lowest BCUT2D eigenvalue weighted by Gasteiger charge is -2.07. The monoisotopic (exact) mass is 285 g/mol. The molecule has 0 aliphatic carbocycles. The standard InChI is InChI=1S/C17H19NO3/c1-21-16-4-2-3-13(11-16)9-10-18-12-14-5-7-15(8-6-14)17(19)20/h2-8,11,18H,9-10,12H2,1H3,(H,19,20). The van der Waals surface area contributed by atoms with E-state index >= 15 is 0 Å². The molecule has 0 heterocycles. The lowest BCUT2D eigenvalue weighted by molar-refractivity contribution is 0.0697. The summed E-state index contributed by atoms with van der Waals surface area (Å²) in [7, 11) is 1.66. The Hall–Kier alpha value is -2.33. The van der Waals surface area contributed by atoms with Crippen molar-refractivity contribution in [3.05, 3.63) is 65.2 Å². The summed E-state index contributed by atoms with van der Waals surface area (Å²) in [5.41, 5.74) is 2.61. The highest BCUT2D eigenvalue weighted by Gasteiger charge is 2.01. The first-order valence-electron chi connectivity index (χ1n) is 6.85. The summed E-state index contributed by atoms with van der Waals surface area (Å²) in [4.78, 5) is 10.8. The Morgan fingerprint density at radius 2 is 1.90 bits per heavy atom. The highest BCUT2D eigenvalue weighted by Crippen LogP contribution is 2.12. The van der Waals surface area contributed by atoms with Gasteiger partial charge in [-0.25, -0.2) is 4.79 Å². The van der Waals surface area contributed by atoms with Gasteiger partial charge < -0.3 is 15.2 Å². The highest BCUT2D eigenvalue weighted by atomic mass is 16.5. The Morgan fingerprint density at radius 1 is 1.14 bits per heavy atom. The molecular weight excluding hydrogens is 266 g/mol. The van der Waals surface area contributed by atoms with Crippen LogP contribution >= 0.6 is 0 Å². The molecule has 0 amide bonds. The zero-order chi connectivity index (χ0) is 15.1. The number of methoxy groups -OCH3 is 1. The van der Waals surface area contributed by atoms with Crippen molar-refractivity contribution in [2.24, 2.45) is 0 Å². The van der Waals surface area contributed by atoms with Gasteiger partial charge in [-0.2, -0.15) is 0 Å². The number of benzene rings is 2. The molecule has 0 unspecified atom stereocenters. The first-order valence-corrected chi connectivity index (χ1v) is 6.85. The molecule has 2 rings (SSSR count).